The van der Waals surface area contributed by atoms with Crippen LogP contribution in [0.25, 0.3) is 0 Å². The third-order valence-electron chi connectivity index (χ3n) is 3.72. The molecule has 19 heavy (non-hydrogen) atoms. The van der Waals surface area contributed by atoms with Crippen LogP contribution in [0.4, 0.5) is 0 Å². The number of hydrogen-bond donors (Lipinski definition) is 1. The predicted octanol–water partition coefficient (Wildman–Crippen LogP) is 3.64. The van der Waals surface area contributed by atoms with Crippen molar-refractivity contribution in [1.82, 2.24) is 5.32 Å². The summed E-state index contributed by atoms with van der Waals surface area (Å²) in [7, 11) is 0. The molecule has 1 aromatic carbocycles. The average molecular weight is 324 g/mol. The molecule has 1 unspecified atom stereocenters. The van der Waals surface area contributed by atoms with Crippen LogP contribution in [0.3, 0.4) is 0 Å². The van der Waals surface area contributed by atoms with Gasteiger partial charge in [0.1, 0.15) is 0 Å². The molecule has 0 spiro atoms. The summed E-state index contributed by atoms with van der Waals surface area (Å²) < 4.78 is 0. The minimum Gasteiger partial charge on any atom is -0.354 e. The number of alkyl halides is 1. The van der Waals surface area contributed by atoms with Gasteiger partial charge in [0.05, 0.1) is 5.41 Å². The lowest BCUT2D eigenvalue weighted by molar-refractivity contribution is -0.123. The molecule has 3 heteroatoms. The number of nitrogens with one attached hydrogen (secondary N) is 1. The van der Waals surface area contributed by atoms with Crippen molar-refractivity contribution < 1.29 is 4.79 Å². The van der Waals surface area contributed by atoms with Crippen molar-refractivity contribution in [2.75, 3.05) is 6.54 Å². The average Bonchev–Trinajstić information content (AvgIpc) is 3.18. The van der Waals surface area contributed by atoms with Crippen LogP contribution in [0.1, 0.15) is 38.7 Å². The van der Waals surface area contributed by atoms with Crippen molar-refractivity contribution in [3.63, 3.8) is 0 Å². The topological polar surface area (TPSA) is 29.1 Å². The molecule has 0 bridgehead atoms. The third kappa shape index (κ3) is 3.59. The molecule has 0 aromatic heterocycles. The number of halogens is 1. The summed E-state index contributed by atoms with van der Waals surface area (Å²) in [6, 6.07) is 10.1. The van der Waals surface area contributed by atoms with E-state index in [0.717, 1.165) is 24.8 Å². The molecule has 0 saturated heterocycles. The van der Waals surface area contributed by atoms with Gasteiger partial charge in [-0.25, -0.2) is 0 Å². The zero-order valence-electron chi connectivity index (χ0n) is 11.7. The van der Waals surface area contributed by atoms with Gasteiger partial charge in [0.15, 0.2) is 0 Å². The molecule has 1 aliphatic carbocycles. The summed E-state index contributed by atoms with van der Waals surface area (Å²) in [5, 5.41) is 3.10. The highest BCUT2D eigenvalue weighted by atomic mass is 79.9. The number of amides is 1. The molecule has 0 aliphatic heterocycles. The molecule has 1 aliphatic rings. The standard InChI is InChI=1S/C16H22BrNO/c1-12(2)10-14(17)11-18-15(19)16(8-9-16)13-6-4-3-5-7-13/h3-7,12,14H,8-11H2,1-2H3,(H,18,19). The maximum Gasteiger partial charge on any atom is 0.230 e. The summed E-state index contributed by atoms with van der Waals surface area (Å²) in [5.41, 5.74) is 0.911. The van der Waals surface area contributed by atoms with Gasteiger partial charge in [-0.05, 0) is 30.7 Å². The highest BCUT2D eigenvalue weighted by molar-refractivity contribution is 9.09. The second-order valence-corrected chi connectivity index (χ2v) is 7.18. The van der Waals surface area contributed by atoms with Crippen LogP contribution in [0.2, 0.25) is 0 Å². The first-order valence-corrected chi connectivity index (χ1v) is 7.94. The first-order valence-electron chi connectivity index (χ1n) is 7.02. The van der Waals surface area contributed by atoms with E-state index in [-0.39, 0.29) is 11.3 Å². The fourth-order valence-electron chi connectivity index (χ4n) is 2.50. The molecule has 1 atom stereocenters. The Bertz CT molecular complexity index is 426. The Morgan fingerprint density at radius 1 is 1.32 bits per heavy atom. The second-order valence-electron chi connectivity index (χ2n) is 5.88. The van der Waals surface area contributed by atoms with Gasteiger partial charge in [-0.3, -0.25) is 4.79 Å². The number of carbonyl (C=O) groups excluding carboxylic acids is 1. The SMILES string of the molecule is CC(C)CC(Br)CNC(=O)C1(c2ccccc2)CC1. The largest absolute Gasteiger partial charge is 0.354 e. The minimum atomic E-state index is -0.244. The Kier molecular flexibility index (Phi) is 4.67. The van der Waals surface area contributed by atoms with Gasteiger partial charge < -0.3 is 5.32 Å². The van der Waals surface area contributed by atoms with Gasteiger partial charge in [0.25, 0.3) is 0 Å². The molecular weight excluding hydrogens is 302 g/mol. The number of hydrogen-bond acceptors (Lipinski definition) is 1. The summed E-state index contributed by atoms with van der Waals surface area (Å²) in [4.78, 5) is 12.7. The predicted molar refractivity (Wildman–Crippen MR) is 82.5 cm³/mol. The van der Waals surface area contributed by atoms with Gasteiger partial charge in [-0.2, -0.15) is 0 Å². The highest BCUT2D eigenvalue weighted by Gasteiger charge is 2.50. The maximum atomic E-state index is 12.4. The normalized spacial score (nSPS) is 18.1. The van der Waals surface area contributed by atoms with E-state index < -0.39 is 0 Å². The molecule has 1 N–H and O–H groups in total. The van der Waals surface area contributed by atoms with Crippen molar-refractivity contribution in [3.05, 3.63) is 35.9 Å². The molecule has 2 nitrogen and oxygen atoms in total. The fourth-order valence-corrected chi connectivity index (χ4v) is 3.41. The number of rotatable bonds is 6. The van der Waals surface area contributed by atoms with Gasteiger partial charge >= 0.3 is 0 Å². The van der Waals surface area contributed by atoms with Crippen LogP contribution >= 0.6 is 15.9 Å². The van der Waals surface area contributed by atoms with E-state index in [0.29, 0.717) is 17.3 Å². The van der Waals surface area contributed by atoms with Crippen molar-refractivity contribution in [2.24, 2.45) is 5.92 Å². The van der Waals surface area contributed by atoms with Crippen molar-refractivity contribution >= 4 is 21.8 Å². The highest BCUT2D eigenvalue weighted by Crippen LogP contribution is 2.48. The van der Waals surface area contributed by atoms with Crippen molar-refractivity contribution in [3.8, 4) is 0 Å². The number of benzene rings is 1. The van der Waals surface area contributed by atoms with E-state index in [9.17, 15) is 4.79 Å². The summed E-state index contributed by atoms with van der Waals surface area (Å²) >= 11 is 3.64. The van der Waals surface area contributed by atoms with Crippen LogP contribution < -0.4 is 5.32 Å². The Labute approximate surface area is 124 Å². The Balaban J connectivity index is 1.90. The van der Waals surface area contributed by atoms with Crippen LogP contribution in [0.5, 0.6) is 0 Å². The first kappa shape index (κ1) is 14.6. The zero-order chi connectivity index (χ0) is 13.9. The van der Waals surface area contributed by atoms with Crippen LogP contribution in [-0.2, 0) is 10.2 Å². The Morgan fingerprint density at radius 3 is 2.47 bits per heavy atom. The maximum absolute atomic E-state index is 12.4. The molecule has 0 radical (unpaired) electrons. The first-order chi connectivity index (χ1) is 9.04. The van der Waals surface area contributed by atoms with E-state index in [4.69, 9.17) is 0 Å². The lowest BCUT2D eigenvalue weighted by atomic mass is 9.95. The minimum absolute atomic E-state index is 0.187. The molecular formula is C16H22BrNO. The van der Waals surface area contributed by atoms with E-state index >= 15 is 0 Å². The quantitative estimate of drug-likeness (QED) is 0.795. The molecule has 1 saturated carbocycles. The van der Waals surface area contributed by atoms with Gasteiger partial charge in [0, 0.05) is 11.4 Å². The molecule has 1 aromatic rings. The molecule has 1 fully saturated rings. The van der Waals surface area contributed by atoms with Crippen LogP contribution in [-0.4, -0.2) is 17.3 Å². The van der Waals surface area contributed by atoms with Gasteiger partial charge in [-0.1, -0.05) is 60.1 Å². The number of carbonyl (C=O) groups is 1. The molecule has 0 heterocycles. The van der Waals surface area contributed by atoms with Crippen LogP contribution in [0, 0.1) is 5.92 Å². The lowest BCUT2D eigenvalue weighted by Gasteiger charge is -2.18. The van der Waals surface area contributed by atoms with E-state index in [1.165, 1.54) is 0 Å². The Morgan fingerprint density at radius 2 is 1.95 bits per heavy atom. The molecule has 104 valence electrons. The lowest BCUT2D eigenvalue weighted by Crippen LogP contribution is -2.38. The van der Waals surface area contributed by atoms with Crippen molar-refractivity contribution in [2.45, 2.75) is 43.4 Å². The smallest absolute Gasteiger partial charge is 0.230 e. The Hall–Kier alpha value is -0.830. The van der Waals surface area contributed by atoms with Crippen molar-refractivity contribution in [1.29, 1.82) is 0 Å². The summed E-state index contributed by atoms with van der Waals surface area (Å²) in [5.74, 6) is 0.831. The van der Waals surface area contributed by atoms with Crippen LogP contribution in [0.15, 0.2) is 30.3 Å². The third-order valence-corrected chi connectivity index (χ3v) is 4.42. The van der Waals surface area contributed by atoms with E-state index in [2.05, 4.69) is 47.2 Å². The monoisotopic (exact) mass is 323 g/mol. The fraction of sp³-hybridized carbons (Fsp3) is 0.562. The van der Waals surface area contributed by atoms with E-state index in [1.807, 2.05) is 18.2 Å². The van der Waals surface area contributed by atoms with Gasteiger partial charge in [-0.15, -0.1) is 0 Å². The summed E-state index contributed by atoms with van der Waals surface area (Å²) in [6.45, 7) is 5.11. The molecule has 1 amide bonds. The molecule has 2 rings (SSSR count). The second kappa shape index (κ2) is 6.08. The van der Waals surface area contributed by atoms with E-state index in [1.54, 1.807) is 0 Å². The zero-order valence-corrected chi connectivity index (χ0v) is 13.2. The summed E-state index contributed by atoms with van der Waals surface area (Å²) in [6.07, 6.45) is 3.03. The van der Waals surface area contributed by atoms with Gasteiger partial charge in [0.2, 0.25) is 5.91 Å².